The number of hydrogen-bond acceptors (Lipinski definition) is 5. The van der Waals surface area contributed by atoms with Gasteiger partial charge in [0.15, 0.2) is 6.10 Å². The van der Waals surface area contributed by atoms with Gasteiger partial charge in [0.1, 0.15) is 0 Å². The number of nitrogens with one attached hydrogen (secondary N) is 1. The minimum absolute atomic E-state index is 0.156. The van der Waals surface area contributed by atoms with Gasteiger partial charge in [-0.05, 0) is 5.92 Å². The Kier molecular flexibility index (Phi) is 6.67. The topological polar surface area (TPSA) is 102 Å². The lowest BCUT2D eigenvalue weighted by Crippen LogP contribution is -2.40. The van der Waals surface area contributed by atoms with E-state index in [-0.39, 0.29) is 30.8 Å². The van der Waals surface area contributed by atoms with Crippen LogP contribution < -0.4 is 11.1 Å². The monoisotopic (exact) mass is 232 g/mol. The number of esters is 1. The Labute approximate surface area is 95.1 Å². The Bertz CT molecular complexity index is 243. The summed E-state index contributed by atoms with van der Waals surface area (Å²) in [7, 11) is 1.17. The number of carbonyl (C=O) groups is 2. The van der Waals surface area contributed by atoms with Gasteiger partial charge in [-0.25, -0.2) is 4.79 Å². The molecule has 6 nitrogen and oxygen atoms in total. The van der Waals surface area contributed by atoms with Gasteiger partial charge in [0.2, 0.25) is 5.91 Å². The van der Waals surface area contributed by atoms with Crippen molar-refractivity contribution in [2.24, 2.45) is 11.7 Å². The van der Waals surface area contributed by atoms with E-state index in [0.717, 1.165) is 0 Å². The zero-order chi connectivity index (χ0) is 12.7. The van der Waals surface area contributed by atoms with Crippen LogP contribution in [-0.2, 0) is 14.3 Å². The summed E-state index contributed by atoms with van der Waals surface area (Å²) in [5.74, 6) is -0.853. The van der Waals surface area contributed by atoms with Crippen LogP contribution in [0.5, 0.6) is 0 Å². The second-order valence-corrected chi connectivity index (χ2v) is 3.96. The molecule has 0 saturated heterocycles. The Hall–Kier alpha value is -1.14. The van der Waals surface area contributed by atoms with Crippen LogP contribution in [0.1, 0.15) is 20.3 Å². The second kappa shape index (κ2) is 7.19. The van der Waals surface area contributed by atoms with Crippen LogP contribution in [-0.4, -0.2) is 42.8 Å². The Morgan fingerprint density at radius 2 is 2.00 bits per heavy atom. The van der Waals surface area contributed by atoms with Gasteiger partial charge in [0, 0.05) is 12.5 Å². The molecule has 0 aliphatic carbocycles. The first-order valence-electron chi connectivity index (χ1n) is 5.16. The van der Waals surface area contributed by atoms with Crippen molar-refractivity contribution >= 4 is 11.9 Å². The molecular weight excluding hydrogens is 212 g/mol. The maximum Gasteiger partial charge on any atom is 0.336 e. The first kappa shape index (κ1) is 14.9. The molecule has 94 valence electrons. The SMILES string of the molecule is COC(=O)C(O)CNC(=O)CC(N)C(C)C. The summed E-state index contributed by atoms with van der Waals surface area (Å²) in [6.45, 7) is 3.68. The van der Waals surface area contributed by atoms with Crippen molar-refractivity contribution in [2.75, 3.05) is 13.7 Å². The molecule has 0 aliphatic heterocycles. The molecule has 0 saturated carbocycles. The average molecular weight is 232 g/mol. The number of ether oxygens (including phenoxy) is 1. The van der Waals surface area contributed by atoms with Crippen LogP contribution in [0.4, 0.5) is 0 Å². The lowest BCUT2D eigenvalue weighted by molar-refractivity contribution is -0.150. The molecule has 0 bridgehead atoms. The molecule has 4 N–H and O–H groups in total. The molecule has 0 radical (unpaired) electrons. The first-order chi connectivity index (χ1) is 7.38. The number of nitrogens with two attached hydrogens (primary N) is 1. The number of carbonyl (C=O) groups excluding carboxylic acids is 2. The van der Waals surface area contributed by atoms with E-state index in [2.05, 4.69) is 10.1 Å². The highest BCUT2D eigenvalue weighted by molar-refractivity contribution is 5.79. The van der Waals surface area contributed by atoms with E-state index in [1.165, 1.54) is 7.11 Å². The van der Waals surface area contributed by atoms with Gasteiger partial charge < -0.3 is 20.9 Å². The van der Waals surface area contributed by atoms with Crippen molar-refractivity contribution in [3.63, 3.8) is 0 Å². The van der Waals surface area contributed by atoms with E-state index < -0.39 is 12.1 Å². The molecule has 16 heavy (non-hydrogen) atoms. The van der Waals surface area contributed by atoms with Crippen LogP contribution >= 0.6 is 0 Å². The maximum absolute atomic E-state index is 11.3. The molecule has 6 heteroatoms. The third-order valence-electron chi connectivity index (χ3n) is 2.24. The van der Waals surface area contributed by atoms with E-state index in [4.69, 9.17) is 5.73 Å². The fourth-order valence-corrected chi connectivity index (χ4v) is 0.952. The van der Waals surface area contributed by atoms with E-state index in [1.807, 2.05) is 13.8 Å². The van der Waals surface area contributed by atoms with Gasteiger partial charge in [-0.3, -0.25) is 4.79 Å². The van der Waals surface area contributed by atoms with Crippen LogP contribution in [0.2, 0.25) is 0 Å². The van der Waals surface area contributed by atoms with Gasteiger partial charge in [0.05, 0.1) is 13.7 Å². The fraction of sp³-hybridized carbons (Fsp3) is 0.800. The molecule has 0 aromatic carbocycles. The van der Waals surface area contributed by atoms with Crippen molar-refractivity contribution in [1.82, 2.24) is 5.32 Å². The minimum Gasteiger partial charge on any atom is -0.467 e. The number of rotatable bonds is 6. The highest BCUT2D eigenvalue weighted by atomic mass is 16.5. The molecule has 0 heterocycles. The van der Waals surface area contributed by atoms with Gasteiger partial charge in [0.25, 0.3) is 0 Å². The molecule has 0 rings (SSSR count). The summed E-state index contributed by atoms with van der Waals surface area (Å²) in [6, 6.07) is -0.227. The smallest absolute Gasteiger partial charge is 0.336 e. The summed E-state index contributed by atoms with van der Waals surface area (Å²) >= 11 is 0. The maximum atomic E-state index is 11.3. The van der Waals surface area contributed by atoms with Crippen LogP contribution in [0.15, 0.2) is 0 Å². The van der Waals surface area contributed by atoms with E-state index >= 15 is 0 Å². The summed E-state index contributed by atoms with van der Waals surface area (Å²) in [5.41, 5.74) is 5.69. The van der Waals surface area contributed by atoms with E-state index in [0.29, 0.717) is 0 Å². The zero-order valence-electron chi connectivity index (χ0n) is 9.90. The lowest BCUT2D eigenvalue weighted by atomic mass is 10.0. The minimum atomic E-state index is -1.33. The quantitative estimate of drug-likeness (QED) is 0.510. The summed E-state index contributed by atoms with van der Waals surface area (Å²) < 4.78 is 4.30. The van der Waals surface area contributed by atoms with Crippen molar-refractivity contribution in [3.8, 4) is 0 Å². The second-order valence-electron chi connectivity index (χ2n) is 3.96. The summed E-state index contributed by atoms with van der Waals surface area (Å²) in [4.78, 5) is 22.1. The standard InChI is InChI=1S/C10H20N2O4/c1-6(2)7(11)4-9(14)12-5-8(13)10(15)16-3/h6-8,13H,4-5,11H2,1-3H3,(H,12,14). The summed E-state index contributed by atoms with van der Waals surface area (Å²) in [5, 5.41) is 11.6. The first-order valence-corrected chi connectivity index (χ1v) is 5.16. The molecule has 0 aromatic heterocycles. The number of methoxy groups -OCH3 is 1. The predicted octanol–water partition coefficient (Wildman–Crippen LogP) is -0.990. The Morgan fingerprint density at radius 3 is 2.44 bits per heavy atom. The summed E-state index contributed by atoms with van der Waals surface area (Å²) in [6.07, 6.45) is -1.16. The van der Waals surface area contributed by atoms with Gasteiger partial charge in [-0.2, -0.15) is 0 Å². The third-order valence-corrected chi connectivity index (χ3v) is 2.24. The molecule has 0 aliphatic rings. The largest absolute Gasteiger partial charge is 0.467 e. The number of aliphatic hydroxyl groups is 1. The normalized spacial score (nSPS) is 14.4. The van der Waals surface area contributed by atoms with Crippen LogP contribution in [0.3, 0.4) is 0 Å². The van der Waals surface area contributed by atoms with Crippen molar-refractivity contribution < 1.29 is 19.4 Å². The molecular formula is C10H20N2O4. The number of hydrogen-bond donors (Lipinski definition) is 3. The van der Waals surface area contributed by atoms with Crippen LogP contribution in [0, 0.1) is 5.92 Å². The molecule has 2 unspecified atom stereocenters. The van der Waals surface area contributed by atoms with Crippen LogP contribution in [0.25, 0.3) is 0 Å². The lowest BCUT2D eigenvalue weighted by Gasteiger charge is -2.15. The molecule has 0 fully saturated rings. The molecule has 1 amide bonds. The fourth-order valence-electron chi connectivity index (χ4n) is 0.952. The van der Waals surface area contributed by atoms with Gasteiger partial charge in [-0.15, -0.1) is 0 Å². The van der Waals surface area contributed by atoms with E-state index in [1.54, 1.807) is 0 Å². The number of aliphatic hydroxyl groups excluding tert-OH is 1. The molecule has 0 aromatic rings. The molecule has 0 spiro atoms. The zero-order valence-corrected chi connectivity index (χ0v) is 9.90. The van der Waals surface area contributed by atoms with Gasteiger partial charge >= 0.3 is 5.97 Å². The third kappa shape index (κ3) is 5.67. The highest BCUT2D eigenvalue weighted by Gasteiger charge is 2.17. The predicted molar refractivity (Wildman–Crippen MR) is 58.5 cm³/mol. The number of amides is 1. The van der Waals surface area contributed by atoms with E-state index in [9.17, 15) is 14.7 Å². The Balaban J connectivity index is 3.86. The van der Waals surface area contributed by atoms with Gasteiger partial charge in [-0.1, -0.05) is 13.8 Å². The van der Waals surface area contributed by atoms with Crippen molar-refractivity contribution in [2.45, 2.75) is 32.4 Å². The molecule has 2 atom stereocenters. The van der Waals surface area contributed by atoms with Crippen molar-refractivity contribution in [3.05, 3.63) is 0 Å². The average Bonchev–Trinajstić information content (AvgIpc) is 2.24. The highest BCUT2D eigenvalue weighted by Crippen LogP contribution is 2.02. The van der Waals surface area contributed by atoms with Crippen molar-refractivity contribution in [1.29, 1.82) is 0 Å². The Morgan fingerprint density at radius 1 is 1.44 bits per heavy atom.